The fraction of sp³-hybridized carbons (Fsp3) is 0.429. The number of nitrogens with one attached hydrogen (secondary N) is 2. The van der Waals surface area contributed by atoms with Crippen molar-refractivity contribution in [3.05, 3.63) is 60.3 Å². The van der Waals surface area contributed by atoms with Crippen molar-refractivity contribution in [2.45, 2.75) is 50.1 Å². The average Bonchev–Trinajstić information content (AvgIpc) is 3.18. The number of aromatic nitrogens is 2. The molecular weight excluding hydrogens is 498 g/mol. The number of benzene rings is 2. The minimum absolute atomic E-state index is 0.411. The number of nitrogens with zero attached hydrogens (tertiary/aromatic N) is 4. The van der Waals surface area contributed by atoms with Crippen LogP contribution in [0.1, 0.15) is 49.8 Å². The predicted octanol–water partition coefficient (Wildman–Crippen LogP) is 5.15. The fourth-order valence-corrected chi connectivity index (χ4v) is 6.14. The Bertz CT molecular complexity index is 1410. The van der Waals surface area contributed by atoms with Crippen LogP contribution in [0.2, 0.25) is 0 Å². The third-order valence-corrected chi connectivity index (χ3v) is 9.67. The van der Waals surface area contributed by atoms with E-state index in [1.807, 2.05) is 42.3 Å². The van der Waals surface area contributed by atoms with E-state index in [4.69, 9.17) is 10.7 Å². The van der Waals surface area contributed by atoms with Crippen molar-refractivity contribution >= 4 is 44.4 Å². The maximum atomic E-state index is 11.9. The van der Waals surface area contributed by atoms with Crippen molar-refractivity contribution in [3.8, 4) is 0 Å². The summed E-state index contributed by atoms with van der Waals surface area (Å²) >= 11 is 0. The van der Waals surface area contributed by atoms with Gasteiger partial charge in [0.2, 0.25) is 5.95 Å². The highest BCUT2D eigenvalue weighted by molar-refractivity contribution is 7.90. The van der Waals surface area contributed by atoms with Crippen molar-refractivity contribution in [2.75, 3.05) is 40.8 Å². The summed E-state index contributed by atoms with van der Waals surface area (Å²) in [5, 5.41) is 6.30. The van der Waals surface area contributed by atoms with Crippen LogP contribution in [0.5, 0.6) is 0 Å². The molecule has 9 nitrogen and oxygen atoms in total. The minimum atomic E-state index is -3.15. The standard InChI is InChI=1S/C28H37N7O2S/c1-19(38(4,36)37)20-10-12-22(13-11-20)31-27-30-17-16-26(32-27)34(2)23-14-15-25-24(18-23)33-28(29,35(25)3)21-8-6-5-7-9-21/h10-19,21,33H,5-9,29H2,1-4H3,(H,30,31,32). The normalized spacial score (nSPS) is 20.5. The van der Waals surface area contributed by atoms with Gasteiger partial charge in [-0.2, -0.15) is 4.98 Å². The summed E-state index contributed by atoms with van der Waals surface area (Å²) in [6, 6.07) is 15.5. The van der Waals surface area contributed by atoms with E-state index in [-0.39, 0.29) is 0 Å². The molecule has 3 aromatic rings. The molecule has 10 heteroatoms. The lowest BCUT2D eigenvalue weighted by atomic mass is 9.84. The number of hydrogen-bond acceptors (Lipinski definition) is 9. The van der Waals surface area contributed by atoms with Crippen LogP contribution in [-0.2, 0) is 9.84 Å². The Kier molecular flexibility index (Phi) is 6.96. The summed E-state index contributed by atoms with van der Waals surface area (Å²) in [4.78, 5) is 13.3. The molecule has 1 saturated carbocycles. The Morgan fingerprint density at radius 2 is 1.84 bits per heavy atom. The Morgan fingerprint density at radius 1 is 1.13 bits per heavy atom. The summed E-state index contributed by atoms with van der Waals surface area (Å²) in [7, 11) is 0.901. The van der Waals surface area contributed by atoms with E-state index in [2.05, 4.69) is 45.8 Å². The molecule has 1 fully saturated rings. The van der Waals surface area contributed by atoms with E-state index in [1.165, 1.54) is 25.5 Å². The largest absolute Gasteiger partial charge is 0.349 e. The molecule has 2 heterocycles. The van der Waals surface area contributed by atoms with Crippen molar-refractivity contribution < 1.29 is 8.42 Å². The van der Waals surface area contributed by atoms with E-state index in [0.717, 1.165) is 47.0 Å². The number of nitrogens with two attached hydrogens (primary N) is 1. The van der Waals surface area contributed by atoms with Gasteiger partial charge in [-0.1, -0.05) is 31.4 Å². The van der Waals surface area contributed by atoms with Crippen LogP contribution >= 0.6 is 0 Å². The van der Waals surface area contributed by atoms with Gasteiger partial charge in [0, 0.05) is 43.8 Å². The second kappa shape index (κ2) is 10.1. The Balaban J connectivity index is 1.32. The molecule has 5 rings (SSSR count). The molecule has 4 N–H and O–H groups in total. The van der Waals surface area contributed by atoms with E-state index in [9.17, 15) is 8.42 Å². The molecule has 2 atom stereocenters. The van der Waals surface area contributed by atoms with Crippen molar-refractivity contribution in [1.29, 1.82) is 0 Å². The van der Waals surface area contributed by atoms with Crippen LogP contribution in [-0.4, -0.2) is 44.5 Å². The predicted molar refractivity (Wildman–Crippen MR) is 155 cm³/mol. The van der Waals surface area contributed by atoms with Crippen molar-refractivity contribution in [2.24, 2.45) is 11.7 Å². The van der Waals surface area contributed by atoms with Crippen LogP contribution < -0.4 is 26.2 Å². The monoisotopic (exact) mass is 535 g/mol. The van der Waals surface area contributed by atoms with Crippen LogP contribution in [0.4, 0.5) is 34.5 Å². The summed E-state index contributed by atoms with van der Waals surface area (Å²) in [5.41, 5.74) is 11.6. The van der Waals surface area contributed by atoms with E-state index < -0.39 is 20.9 Å². The third kappa shape index (κ3) is 5.02. The second-order valence-electron chi connectivity index (χ2n) is 10.6. The molecule has 1 aliphatic heterocycles. The summed E-state index contributed by atoms with van der Waals surface area (Å²) in [6.07, 6.45) is 9.01. The van der Waals surface area contributed by atoms with Crippen molar-refractivity contribution in [3.63, 3.8) is 0 Å². The first-order valence-corrected chi connectivity index (χ1v) is 15.1. The average molecular weight is 536 g/mol. The van der Waals surface area contributed by atoms with Gasteiger partial charge in [0.05, 0.1) is 16.6 Å². The number of hydrogen-bond donors (Lipinski definition) is 3. The first-order chi connectivity index (χ1) is 18.1. The lowest BCUT2D eigenvalue weighted by Gasteiger charge is -2.42. The van der Waals surface area contributed by atoms with E-state index in [0.29, 0.717) is 11.9 Å². The molecule has 0 saturated heterocycles. The van der Waals surface area contributed by atoms with Gasteiger partial charge in [-0.3, -0.25) is 5.73 Å². The fourth-order valence-electron chi connectivity index (χ4n) is 5.49. The zero-order valence-electron chi connectivity index (χ0n) is 22.5. The van der Waals surface area contributed by atoms with E-state index >= 15 is 0 Å². The number of anilines is 6. The zero-order valence-corrected chi connectivity index (χ0v) is 23.3. The summed E-state index contributed by atoms with van der Waals surface area (Å²) < 4.78 is 23.7. The molecule has 0 bridgehead atoms. The first-order valence-electron chi connectivity index (χ1n) is 13.1. The highest BCUT2D eigenvalue weighted by atomic mass is 32.2. The van der Waals surface area contributed by atoms with Crippen LogP contribution in [0.15, 0.2) is 54.7 Å². The maximum absolute atomic E-state index is 11.9. The minimum Gasteiger partial charge on any atom is -0.349 e. The van der Waals surface area contributed by atoms with Crippen LogP contribution in [0, 0.1) is 5.92 Å². The number of rotatable bonds is 7. The molecule has 202 valence electrons. The molecule has 1 aliphatic carbocycles. The molecule has 2 unspecified atom stereocenters. The topological polar surface area (TPSA) is 116 Å². The molecule has 2 aromatic carbocycles. The molecule has 0 spiro atoms. The second-order valence-corrected chi connectivity index (χ2v) is 12.9. The summed E-state index contributed by atoms with van der Waals surface area (Å²) in [5.74, 6) is 1.03. The zero-order chi connectivity index (χ0) is 27.1. The Labute approximate surface area is 225 Å². The smallest absolute Gasteiger partial charge is 0.229 e. The van der Waals surface area contributed by atoms with E-state index in [1.54, 1.807) is 13.1 Å². The highest BCUT2D eigenvalue weighted by Gasteiger charge is 2.44. The molecular formula is C28H37N7O2S. The highest BCUT2D eigenvalue weighted by Crippen LogP contribution is 2.45. The van der Waals surface area contributed by atoms with Gasteiger partial charge in [-0.25, -0.2) is 13.4 Å². The van der Waals surface area contributed by atoms with Gasteiger partial charge in [0.15, 0.2) is 15.6 Å². The third-order valence-electron chi connectivity index (χ3n) is 8.11. The molecule has 0 amide bonds. The van der Waals surface area contributed by atoms with Gasteiger partial charge in [-0.05, 0) is 61.7 Å². The van der Waals surface area contributed by atoms with Gasteiger partial charge in [0.1, 0.15) is 5.82 Å². The van der Waals surface area contributed by atoms with Crippen LogP contribution in [0.3, 0.4) is 0 Å². The molecule has 2 aliphatic rings. The van der Waals surface area contributed by atoms with Crippen molar-refractivity contribution in [1.82, 2.24) is 9.97 Å². The molecule has 38 heavy (non-hydrogen) atoms. The van der Waals surface area contributed by atoms with Gasteiger partial charge < -0.3 is 20.4 Å². The van der Waals surface area contributed by atoms with Crippen LogP contribution in [0.25, 0.3) is 0 Å². The maximum Gasteiger partial charge on any atom is 0.229 e. The quantitative estimate of drug-likeness (QED) is 0.378. The summed E-state index contributed by atoms with van der Waals surface area (Å²) in [6.45, 7) is 1.69. The Hall–Kier alpha value is -3.37. The SMILES string of the molecule is CC(c1ccc(Nc2nccc(N(C)c3ccc4c(c3)NC(N)(C3CCCCC3)N4C)n2)cc1)S(C)(=O)=O. The lowest BCUT2D eigenvalue weighted by Crippen LogP contribution is -2.62. The number of fused-ring (bicyclic) bond motifs is 1. The first kappa shape index (κ1) is 26.2. The number of sulfone groups is 1. The van der Waals surface area contributed by atoms with Gasteiger partial charge in [-0.15, -0.1) is 0 Å². The van der Waals surface area contributed by atoms with Gasteiger partial charge >= 0.3 is 0 Å². The molecule has 1 aromatic heterocycles. The lowest BCUT2D eigenvalue weighted by molar-refractivity contribution is 0.235. The Morgan fingerprint density at radius 3 is 2.53 bits per heavy atom. The molecule has 0 radical (unpaired) electrons. The van der Waals surface area contributed by atoms with Gasteiger partial charge in [0.25, 0.3) is 0 Å².